The molecule has 3 nitrogen and oxygen atoms in total. The van der Waals surface area contributed by atoms with E-state index in [0.717, 1.165) is 31.5 Å². The summed E-state index contributed by atoms with van der Waals surface area (Å²) in [5.41, 5.74) is 7.11. The molecule has 0 amide bonds. The first kappa shape index (κ1) is 14.4. The molecule has 1 aromatic carbocycles. The van der Waals surface area contributed by atoms with E-state index < -0.39 is 0 Å². The molecule has 0 spiro atoms. The van der Waals surface area contributed by atoms with Crippen LogP contribution < -0.4 is 5.73 Å². The van der Waals surface area contributed by atoms with Gasteiger partial charge in [-0.15, -0.1) is 0 Å². The van der Waals surface area contributed by atoms with Crippen LogP contribution in [0.15, 0.2) is 24.3 Å². The van der Waals surface area contributed by atoms with Gasteiger partial charge in [0.2, 0.25) is 0 Å². The molecular weight excluding hydrogens is 243 g/mol. The van der Waals surface area contributed by atoms with E-state index >= 15 is 0 Å². The van der Waals surface area contributed by atoms with Gasteiger partial charge in [-0.1, -0.05) is 18.6 Å². The number of likely N-dealkylation sites (tertiary alicyclic amines) is 1. The number of nitrogens with two attached hydrogens (primary N) is 1. The van der Waals surface area contributed by atoms with E-state index in [9.17, 15) is 9.50 Å². The third-order valence-electron chi connectivity index (χ3n) is 3.99. The smallest absolute Gasteiger partial charge is 0.123 e. The van der Waals surface area contributed by atoms with Crippen LogP contribution in [0.4, 0.5) is 4.39 Å². The first-order chi connectivity index (χ1) is 9.20. The number of benzene rings is 1. The van der Waals surface area contributed by atoms with Crippen molar-refractivity contribution in [2.75, 3.05) is 19.7 Å². The Morgan fingerprint density at radius 1 is 1.32 bits per heavy atom. The first-order valence-corrected chi connectivity index (χ1v) is 7.06. The maximum atomic E-state index is 12.8. The van der Waals surface area contributed by atoms with Crippen molar-refractivity contribution in [3.05, 3.63) is 35.6 Å². The van der Waals surface area contributed by atoms with Gasteiger partial charge in [0.25, 0.3) is 0 Å². The minimum Gasteiger partial charge on any atom is -0.395 e. The lowest BCUT2D eigenvalue weighted by Crippen LogP contribution is -2.42. The highest BCUT2D eigenvalue weighted by Gasteiger charge is 2.21. The summed E-state index contributed by atoms with van der Waals surface area (Å²) in [6.07, 6.45) is 4.30. The Hall–Kier alpha value is -0.970. The summed E-state index contributed by atoms with van der Waals surface area (Å²) in [5.74, 6) is -0.229. The Balaban J connectivity index is 1.85. The van der Waals surface area contributed by atoms with E-state index in [2.05, 4.69) is 4.90 Å². The number of hydrogen-bond donors (Lipinski definition) is 2. The third-order valence-corrected chi connectivity index (χ3v) is 3.99. The fourth-order valence-electron chi connectivity index (χ4n) is 2.74. The van der Waals surface area contributed by atoms with Gasteiger partial charge in [0.05, 0.1) is 6.61 Å². The number of aliphatic hydroxyl groups is 1. The zero-order valence-electron chi connectivity index (χ0n) is 11.3. The average Bonchev–Trinajstić information content (AvgIpc) is 2.45. The number of halogens is 1. The lowest BCUT2D eigenvalue weighted by atomic mass is 10.00. The second-order valence-corrected chi connectivity index (χ2v) is 5.31. The Kier molecular flexibility index (Phi) is 5.31. The van der Waals surface area contributed by atoms with Gasteiger partial charge >= 0.3 is 0 Å². The first-order valence-electron chi connectivity index (χ1n) is 7.06. The quantitative estimate of drug-likeness (QED) is 0.857. The number of piperidine rings is 1. The highest BCUT2D eigenvalue weighted by molar-refractivity contribution is 5.19. The molecule has 1 saturated heterocycles. The van der Waals surface area contributed by atoms with Crippen LogP contribution in [0.2, 0.25) is 0 Å². The summed E-state index contributed by atoms with van der Waals surface area (Å²) in [5, 5.41) is 9.36. The van der Waals surface area contributed by atoms with E-state index in [1.807, 2.05) is 0 Å². The van der Waals surface area contributed by atoms with Crippen LogP contribution in [0, 0.1) is 5.82 Å². The highest BCUT2D eigenvalue weighted by Crippen LogP contribution is 2.20. The fraction of sp³-hybridized carbons (Fsp3) is 0.600. The molecule has 0 saturated carbocycles. The van der Waals surface area contributed by atoms with Crippen LogP contribution in [0.25, 0.3) is 0 Å². The molecule has 2 atom stereocenters. The molecule has 3 N–H and O–H groups in total. The molecule has 1 heterocycles. The number of rotatable bonds is 5. The predicted octanol–water partition coefficient (Wildman–Crippen LogP) is 2.06. The van der Waals surface area contributed by atoms with Gasteiger partial charge in [-0.3, -0.25) is 4.90 Å². The summed E-state index contributed by atoms with van der Waals surface area (Å²) >= 11 is 0. The number of nitrogens with zero attached hydrogens (tertiary/aromatic N) is 1. The molecule has 1 fully saturated rings. The van der Waals surface area contributed by atoms with Crippen molar-refractivity contribution in [3.63, 3.8) is 0 Å². The summed E-state index contributed by atoms with van der Waals surface area (Å²) in [6.45, 7) is 2.16. The Morgan fingerprint density at radius 2 is 2.05 bits per heavy atom. The van der Waals surface area contributed by atoms with Crippen molar-refractivity contribution in [3.8, 4) is 0 Å². The fourth-order valence-corrected chi connectivity index (χ4v) is 2.74. The van der Waals surface area contributed by atoms with Crippen LogP contribution in [-0.2, 0) is 0 Å². The largest absolute Gasteiger partial charge is 0.395 e. The van der Waals surface area contributed by atoms with E-state index in [0.29, 0.717) is 0 Å². The zero-order chi connectivity index (χ0) is 13.7. The molecule has 2 rings (SSSR count). The maximum Gasteiger partial charge on any atom is 0.123 e. The summed E-state index contributed by atoms with van der Waals surface area (Å²) in [6, 6.07) is 6.62. The lowest BCUT2D eigenvalue weighted by Gasteiger charge is -2.35. The van der Waals surface area contributed by atoms with Gasteiger partial charge in [0, 0.05) is 18.6 Å². The van der Waals surface area contributed by atoms with Crippen molar-refractivity contribution in [2.24, 2.45) is 5.73 Å². The zero-order valence-corrected chi connectivity index (χ0v) is 11.3. The summed E-state index contributed by atoms with van der Waals surface area (Å²) in [7, 11) is 0. The van der Waals surface area contributed by atoms with E-state index in [4.69, 9.17) is 5.73 Å². The van der Waals surface area contributed by atoms with Crippen LogP contribution in [0.5, 0.6) is 0 Å². The monoisotopic (exact) mass is 266 g/mol. The van der Waals surface area contributed by atoms with Gasteiger partial charge in [0.15, 0.2) is 0 Å². The van der Waals surface area contributed by atoms with Crippen LogP contribution in [0.1, 0.15) is 37.3 Å². The average molecular weight is 266 g/mol. The predicted molar refractivity (Wildman–Crippen MR) is 74.2 cm³/mol. The van der Waals surface area contributed by atoms with E-state index in [-0.39, 0.29) is 24.5 Å². The second kappa shape index (κ2) is 6.98. The molecule has 0 aliphatic carbocycles. The van der Waals surface area contributed by atoms with E-state index in [1.54, 1.807) is 12.1 Å². The van der Waals surface area contributed by atoms with Crippen molar-refractivity contribution in [1.29, 1.82) is 0 Å². The van der Waals surface area contributed by atoms with Crippen LogP contribution in [-0.4, -0.2) is 35.7 Å². The van der Waals surface area contributed by atoms with Gasteiger partial charge in [-0.25, -0.2) is 4.39 Å². The SMILES string of the molecule is NC(CCN1CCCCC1CO)c1ccc(F)cc1. The van der Waals surface area contributed by atoms with Crippen LogP contribution in [0.3, 0.4) is 0 Å². The van der Waals surface area contributed by atoms with Gasteiger partial charge < -0.3 is 10.8 Å². The minimum absolute atomic E-state index is 0.0677. The third kappa shape index (κ3) is 4.00. The summed E-state index contributed by atoms with van der Waals surface area (Å²) < 4.78 is 12.8. The van der Waals surface area contributed by atoms with Crippen molar-refractivity contribution in [1.82, 2.24) is 4.90 Å². The molecule has 0 aromatic heterocycles. The molecule has 1 aliphatic heterocycles. The van der Waals surface area contributed by atoms with Gasteiger partial charge in [-0.05, 0) is 43.5 Å². The maximum absolute atomic E-state index is 12.8. The van der Waals surface area contributed by atoms with Crippen molar-refractivity contribution in [2.45, 2.75) is 37.8 Å². The lowest BCUT2D eigenvalue weighted by molar-refractivity contribution is 0.0875. The molecular formula is C15H23FN2O. The molecule has 19 heavy (non-hydrogen) atoms. The van der Waals surface area contributed by atoms with Crippen molar-refractivity contribution < 1.29 is 9.50 Å². The number of aliphatic hydroxyl groups excluding tert-OH is 1. The van der Waals surface area contributed by atoms with E-state index in [1.165, 1.54) is 25.0 Å². The Morgan fingerprint density at radius 3 is 2.74 bits per heavy atom. The molecule has 106 valence electrons. The molecule has 0 radical (unpaired) electrons. The molecule has 1 aliphatic rings. The Labute approximate surface area is 114 Å². The Bertz CT molecular complexity index is 382. The molecule has 4 heteroatoms. The molecule has 1 aromatic rings. The molecule has 2 unspecified atom stereocenters. The van der Waals surface area contributed by atoms with Crippen LogP contribution >= 0.6 is 0 Å². The minimum atomic E-state index is -0.229. The summed E-state index contributed by atoms with van der Waals surface area (Å²) in [4.78, 5) is 2.33. The number of hydrogen-bond acceptors (Lipinski definition) is 3. The highest BCUT2D eigenvalue weighted by atomic mass is 19.1. The normalized spacial score (nSPS) is 22.4. The van der Waals surface area contributed by atoms with Gasteiger partial charge in [-0.2, -0.15) is 0 Å². The second-order valence-electron chi connectivity index (χ2n) is 5.31. The van der Waals surface area contributed by atoms with Gasteiger partial charge in [0.1, 0.15) is 5.82 Å². The topological polar surface area (TPSA) is 49.5 Å². The standard InChI is InChI=1S/C15H23FN2O/c16-13-6-4-12(5-7-13)15(17)8-10-18-9-2-1-3-14(18)11-19/h4-7,14-15,19H,1-3,8-11,17H2. The van der Waals surface area contributed by atoms with Crippen molar-refractivity contribution >= 4 is 0 Å². The molecule has 0 bridgehead atoms.